The molecule has 0 amide bonds. The molecule has 1 aromatic carbocycles. The van der Waals surface area contributed by atoms with Gasteiger partial charge in [-0.25, -0.2) is 4.39 Å². The van der Waals surface area contributed by atoms with Crippen LogP contribution < -0.4 is 0 Å². The maximum atomic E-state index is 13.3. The number of aryl methyl sites for hydroxylation is 1. The fourth-order valence-corrected chi connectivity index (χ4v) is 3.11. The van der Waals surface area contributed by atoms with E-state index < -0.39 is 0 Å². The Labute approximate surface area is 102 Å². The highest BCUT2D eigenvalue weighted by Crippen LogP contribution is 2.54. The van der Waals surface area contributed by atoms with Crippen molar-refractivity contribution in [3.63, 3.8) is 0 Å². The van der Waals surface area contributed by atoms with Crippen LogP contribution in [0.1, 0.15) is 50.2 Å². The number of halogens is 1. The first-order valence-electron chi connectivity index (χ1n) is 6.34. The second kappa shape index (κ2) is 4.25. The molecule has 0 N–H and O–H groups in total. The van der Waals surface area contributed by atoms with Crippen molar-refractivity contribution in [3.8, 4) is 0 Å². The predicted molar refractivity (Wildman–Crippen MR) is 66.5 cm³/mol. The summed E-state index contributed by atoms with van der Waals surface area (Å²) >= 11 is 0. The Bertz CT molecular complexity index is 446. The average molecular weight is 234 g/mol. The van der Waals surface area contributed by atoms with Crippen LogP contribution in [0.25, 0.3) is 0 Å². The molecular formula is C15H19FO. The fourth-order valence-electron chi connectivity index (χ4n) is 3.11. The third kappa shape index (κ3) is 1.70. The van der Waals surface area contributed by atoms with Gasteiger partial charge in [-0.15, -0.1) is 0 Å². The first kappa shape index (κ1) is 12.3. The van der Waals surface area contributed by atoms with E-state index >= 15 is 0 Å². The van der Waals surface area contributed by atoms with Crippen molar-refractivity contribution in [2.45, 2.75) is 46.0 Å². The van der Waals surface area contributed by atoms with Crippen molar-refractivity contribution in [1.29, 1.82) is 0 Å². The van der Waals surface area contributed by atoms with Gasteiger partial charge in [-0.2, -0.15) is 0 Å². The summed E-state index contributed by atoms with van der Waals surface area (Å²) in [5.41, 5.74) is 1.60. The van der Waals surface area contributed by atoms with E-state index in [0.29, 0.717) is 17.8 Å². The Kier molecular flexibility index (Phi) is 3.07. The van der Waals surface area contributed by atoms with Crippen molar-refractivity contribution in [1.82, 2.24) is 0 Å². The first-order valence-corrected chi connectivity index (χ1v) is 6.34. The number of rotatable bonds is 3. The van der Waals surface area contributed by atoms with Gasteiger partial charge in [0, 0.05) is 17.8 Å². The molecule has 1 fully saturated rings. The molecule has 0 spiro atoms. The summed E-state index contributed by atoms with van der Waals surface area (Å²) in [5, 5.41) is 0. The van der Waals surface area contributed by atoms with Crippen LogP contribution in [0.3, 0.4) is 0 Å². The lowest BCUT2D eigenvalue weighted by atomic mass is 9.54. The lowest BCUT2D eigenvalue weighted by Crippen LogP contribution is -2.47. The molecule has 0 radical (unpaired) electrons. The minimum Gasteiger partial charge on any atom is -0.299 e. The maximum absolute atomic E-state index is 13.3. The van der Waals surface area contributed by atoms with E-state index in [9.17, 15) is 9.18 Å². The molecule has 0 aliphatic heterocycles. The van der Waals surface area contributed by atoms with Gasteiger partial charge in [-0.3, -0.25) is 4.79 Å². The summed E-state index contributed by atoms with van der Waals surface area (Å²) in [7, 11) is 0. The van der Waals surface area contributed by atoms with Crippen LogP contribution in [0, 0.1) is 18.2 Å². The van der Waals surface area contributed by atoms with E-state index in [0.717, 1.165) is 18.4 Å². The van der Waals surface area contributed by atoms with Crippen molar-refractivity contribution < 1.29 is 9.18 Å². The van der Waals surface area contributed by atoms with Gasteiger partial charge in [-0.1, -0.05) is 26.0 Å². The van der Waals surface area contributed by atoms with Crippen molar-refractivity contribution in [2.75, 3.05) is 0 Å². The van der Waals surface area contributed by atoms with Crippen LogP contribution in [0.5, 0.6) is 0 Å². The van der Waals surface area contributed by atoms with Crippen LogP contribution in [-0.4, -0.2) is 5.78 Å². The number of carbonyl (C=O) groups is 1. The summed E-state index contributed by atoms with van der Waals surface area (Å²) in [6, 6.07) is 5.25. The standard InChI is InChI=1S/C15H19FO/c1-4-15(5-2)12(9-14(15)17)11-6-7-13(16)10(3)8-11/h6-8,12H,4-5,9H2,1-3H3. The second-order valence-corrected chi connectivity index (χ2v) is 5.05. The molecule has 1 unspecified atom stereocenters. The Morgan fingerprint density at radius 1 is 1.35 bits per heavy atom. The van der Waals surface area contributed by atoms with E-state index in [1.54, 1.807) is 6.92 Å². The van der Waals surface area contributed by atoms with Crippen LogP contribution in [0.4, 0.5) is 4.39 Å². The Morgan fingerprint density at radius 2 is 2.00 bits per heavy atom. The fraction of sp³-hybridized carbons (Fsp3) is 0.533. The molecular weight excluding hydrogens is 215 g/mol. The van der Waals surface area contributed by atoms with Gasteiger partial charge in [0.2, 0.25) is 0 Å². The molecule has 2 heteroatoms. The molecule has 92 valence electrons. The molecule has 17 heavy (non-hydrogen) atoms. The molecule has 0 bridgehead atoms. The van der Waals surface area contributed by atoms with Crippen molar-refractivity contribution in [2.24, 2.45) is 5.41 Å². The van der Waals surface area contributed by atoms with Crippen LogP contribution in [0.15, 0.2) is 18.2 Å². The van der Waals surface area contributed by atoms with Gasteiger partial charge >= 0.3 is 0 Å². The molecule has 1 aromatic rings. The summed E-state index contributed by atoms with van der Waals surface area (Å²) in [4.78, 5) is 11.9. The Morgan fingerprint density at radius 3 is 2.47 bits per heavy atom. The SMILES string of the molecule is CCC1(CC)C(=O)CC1c1ccc(F)c(C)c1. The van der Waals surface area contributed by atoms with Crippen molar-refractivity contribution in [3.05, 3.63) is 35.1 Å². The topological polar surface area (TPSA) is 17.1 Å². The van der Waals surface area contributed by atoms with E-state index in [-0.39, 0.29) is 17.2 Å². The molecule has 1 aliphatic carbocycles. The number of benzene rings is 1. The normalized spacial score (nSPS) is 22.4. The first-order chi connectivity index (χ1) is 8.05. The van der Waals surface area contributed by atoms with Crippen LogP contribution >= 0.6 is 0 Å². The number of hydrogen-bond acceptors (Lipinski definition) is 1. The lowest BCUT2D eigenvalue weighted by Gasteiger charge is -2.47. The lowest BCUT2D eigenvalue weighted by molar-refractivity contribution is -0.141. The minimum atomic E-state index is -0.190. The van der Waals surface area contributed by atoms with Gasteiger partial charge in [0.15, 0.2) is 0 Å². The van der Waals surface area contributed by atoms with Gasteiger partial charge in [0.25, 0.3) is 0 Å². The zero-order chi connectivity index (χ0) is 12.6. The minimum absolute atomic E-state index is 0.169. The summed E-state index contributed by atoms with van der Waals surface area (Å²) < 4.78 is 13.3. The second-order valence-electron chi connectivity index (χ2n) is 5.05. The zero-order valence-electron chi connectivity index (χ0n) is 10.7. The Balaban J connectivity index is 2.35. The Hall–Kier alpha value is -1.18. The molecule has 0 heterocycles. The number of hydrogen-bond donors (Lipinski definition) is 0. The quantitative estimate of drug-likeness (QED) is 0.772. The average Bonchev–Trinajstić information content (AvgIpc) is 2.32. The summed E-state index contributed by atoms with van der Waals surface area (Å²) in [5.74, 6) is 0.483. The zero-order valence-corrected chi connectivity index (χ0v) is 10.7. The van der Waals surface area contributed by atoms with Crippen LogP contribution in [-0.2, 0) is 4.79 Å². The molecule has 1 saturated carbocycles. The molecule has 1 atom stereocenters. The van der Waals surface area contributed by atoms with Crippen molar-refractivity contribution >= 4 is 5.78 Å². The molecule has 0 aromatic heterocycles. The number of Topliss-reactive ketones (excluding diaryl/α,β-unsaturated/α-hetero) is 1. The van der Waals surface area contributed by atoms with E-state index in [1.807, 2.05) is 12.1 Å². The highest BCUT2D eigenvalue weighted by Gasteiger charge is 2.52. The molecule has 1 nitrogen and oxygen atoms in total. The third-order valence-electron chi connectivity index (χ3n) is 4.46. The van der Waals surface area contributed by atoms with Gasteiger partial charge < -0.3 is 0 Å². The third-order valence-corrected chi connectivity index (χ3v) is 4.46. The largest absolute Gasteiger partial charge is 0.299 e. The van der Waals surface area contributed by atoms with Crippen LogP contribution in [0.2, 0.25) is 0 Å². The smallest absolute Gasteiger partial charge is 0.140 e. The maximum Gasteiger partial charge on any atom is 0.140 e. The van der Waals surface area contributed by atoms with Gasteiger partial charge in [-0.05, 0) is 37.0 Å². The number of carbonyl (C=O) groups excluding carboxylic acids is 1. The summed E-state index contributed by atoms with van der Waals surface area (Å²) in [6.45, 7) is 5.92. The van der Waals surface area contributed by atoms with Gasteiger partial charge in [0.1, 0.15) is 11.6 Å². The molecule has 1 aliphatic rings. The van der Waals surface area contributed by atoms with E-state index in [1.165, 1.54) is 6.07 Å². The molecule has 0 saturated heterocycles. The number of ketones is 1. The highest BCUT2D eigenvalue weighted by atomic mass is 19.1. The van der Waals surface area contributed by atoms with Gasteiger partial charge in [0.05, 0.1) is 0 Å². The highest BCUT2D eigenvalue weighted by molar-refractivity contribution is 5.93. The summed E-state index contributed by atoms with van der Waals surface area (Å²) in [6.07, 6.45) is 2.37. The monoisotopic (exact) mass is 234 g/mol. The molecule has 2 rings (SSSR count). The van der Waals surface area contributed by atoms with E-state index in [4.69, 9.17) is 0 Å². The predicted octanol–water partition coefficient (Wildman–Crippen LogP) is 4.00. The van der Waals surface area contributed by atoms with E-state index in [2.05, 4.69) is 13.8 Å².